The van der Waals surface area contributed by atoms with Gasteiger partial charge in [0.1, 0.15) is 6.54 Å². The fraction of sp³-hybridized carbons (Fsp3) is 0.286. The van der Waals surface area contributed by atoms with Gasteiger partial charge in [0.15, 0.2) is 0 Å². The van der Waals surface area contributed by atoms with Gasteiger partial charge in [0.05, 0.1) is 0 Å². The molecule has 1 amide bonds. The van der Waals surface area contributed by atoms with Crippen molar-refractivity contribution in [2.45, 2.75) is 34.2 Å². The second kappa shape index (κ2) is 7.52. The number of amides is 1. The Balaban J connectivity index is 1.76. The van der Waals surface area contributed by atoms with Crippen molar-refractivity contribution in [1.29, 1.82) is 0 Å². The van der Waals surface area contributed by atoms with E-state index in [0.717, 1.165) is 11.1 Å². The van der Waals surface area contributed by atoms with Crippen LogP contribution in [0, 0.1) is 20.8 Å². The molecule has 5 heteroatoms. The summed E-state index contributed by atoms with van der Waals surface area (Å²) in [7, 11) is 0. The third-order valence-corrected chi connectivity index (χ3v) is 4.53. The number of carbonyl (C=O) groups is 1. The van der Waals surface area contributed by atoms with Crippen molar-refractivity contribution in [2.24, 2.45) is 0 Å². The van der Waals surface area contributed by atoms with Crippen molar-refractivity contribution in [2.75, 3.05) is 6.54 Å². The first-order valence-corrected chi connectivity index (χ1v) is 8.74. The molecule has 0 atom stereocenters. The Kier molecular flexibility index (Phi) is 5.16. The highest BCUT2D eigenvalue weighted by atomic mass is 16.5. The van der Waals surface area contributed by atoms with Gasteiger partial charge in [-0.3, -0.25) is 4.79 Å². The van der Waals surface area contributed by atoms with Crippen molar-refractivity contribution in [3.63, 3.8) is 0 Å². The molecule has 0 aliphatic carbocycles. The van der Waals surface area contributed by atoms with Crippen LogP contribution in [0.3, 0.4) is 0 Å². The molecule has 5 nitrogen and oxygen atoms in total. The third-order valence-electron chi connectivity index (χ3n) is 4.53. The van der Waals surface area contributed by atoms with Crippen LogP contribution < -0.4 is 0 Å². The van der Waals surface area contributed by atoms with Gasteiger partial charge < -0.3 is 9.42 Å². The summed E-state index contributed by atoms with van der Waals surface area (Å²) in [6.07, 6.45) is 0. The van der Waals surface area contributed by atoms with Crippen LogP contribution in [0.2, 0.25) is 0 Å². The van der Waals surface area contributed by atoms with E-state index < -0.39 is 0 Å². The van der Waals surface area contributed by atoms with Crippen LogP contribution in [-0.2, 0) is 6.54 Å². The van der Waals surface area contributed by atoms with Gasteiger partial charge in [-0.1, -0.05) is 41.1 Å². The summed E-state index contributed by atoms with van der Waals surface area (Å²) in [4.78, 5) is 18.9. The Morgan fingerprint density at radius 2 is 1.77 bits per heavy atom. The Bertz CT molecular complexity index is 913. The third kappa shape index (κ3) is 3.82. The Morgan fingerprint density at radius 3 is 2.42 bits per heavy atom. The Hall–Kier alpha value is -2.95. The summed E-state index contributed by atoms with van der Waals surface area (Å²) in [5.74, 6) is 0.931. The fourth-order valence-corrected chi connectivity index (χ4v) is 2.69. The normalized spacial score (nSPS) is 10.8. The van der Waals surface area contributed by atoms with Crippen molar-refractivity contribution in [3.8, 4) is 11.4 Å². The number of hydrogen-bond donors (Lipinski definition) is 0. The lowest BCUT2D eigenvalue weighted by molar-refractivity contribution is 0.0734. The molecule has 3 aromatic rings. The van der Waals surface area contributed by atoms with E-state index in [1.807, 2.05) is 70.2 Å². The van der Waals surface area contributed by atoms with Gasteiger partial charge in [0.2, 0.25) is 11.7 Å². The molecule has 0 spiro atoms. The van der Waals surface area contributed by atoms with E-state index in [9.17, 15) is 4.79 Å². The Labute approximate surface area is 153 Å². The van der Waals surface area contributed by atoms with E-state index in [4.69, 9.17) is 4.52 Å². The first-order valence-electron chi connectivity index (χ1n) is 8.74. The molecular weight excluding hydrogens is 326 g/mol. The molecule has 0 N–H and O–H groups in total. The molecule has 26 heavy (non-hydrogen) atoms. The summed E-state index contributed by atoms with van der Waals surface area (Å²) < 4.78 is 5.36. The molecule has 0 aliphatic rings. The second-order valence-corrected chi connectivity index (χ2v) is 6.50. The van der Waals surface area contributed by atoms with Crippen LogP contribution in [0.5, 0.6) is 0 Å². The summed E-state index contributed by atoms with van der Waals surface area (Å²) in [6.45, 7) is 8.87. The highest BCUT2D eigenvalue weighted by Crippen LogP contribution is 2.18. The minimum absolute atomic E-state index is 0.0364. The highest BCUT2D eigenvalue weighted by Gasteiger charge is 2.18. The zero-order valence-electron chi connectivity index (χ0n) is 15.6. The number of nitrogens with zero attached hydrogens (tertiary/aromatic N) is 3. The van der Waals surface area contributed by atoms with Crippen molar-refractivity contribution in [3.05, 3.63) is 70.6 Å². The van der Waals surface area contributed by atoms with Crippen LogP contribution in [0.15, 0.2) is 47.0 Å². The smallest absolute Gasteiger partial charge is 0.254 e. The zero-order chi connectivity index (χ0) is 18.7. The predicted molar refractivity (Wildman–Crippen MR) is 101 cm³/mol. The number of rotatable bonds is 5. The van der Waals surface area contributed by atoms with Crippen LogP contribution in [0.1, 0.15) is 39.9 Å². The van der Waals surface area contributed by atoms with Crippen molar-refractivity contribution in [1.82, 2.24) is 15.0 Å². The predicted octanol–water partition coefficient (Wildman–Crippen LogP) is 4.32. The summed E-state index contributed by atoms with van der Waals surface area (Å²) >= 11 is 0. The van der Waals surface area contributed by atoms with Crippen LogP contribution in [0.25, 0.3) is 11.4 Å². The Morgan fingerprint density at radius 1 is 1.04 bits per heavy atom. The van der Waals surface area contributed by atoms with Crippen LogP contribution in [0.4, 0.5) is 0 Å². The van der Waals surface area contributed by atoms with E-state index in [2.05, 4.69) is 10.1 Å². The number of carbonyl (C=O) groups excluding carboxylic acids is 1. The van der Waals surface area contributed by atoms with E-state index in [0.29, 0.717) is 30.4 Å². The molecule has 0 bridgehead atoms. The van der Waals surface area contributed by atoms with Gasteiger partial charge in [0.25, 0.3) is 5.91 Å². The van der Waals surface area contributed by atoms with Gasteiger partial charge >= 0.3 is 0 Å². The molecule has 0 fully saturated rings. The molecule has 0 saturated carbocycles. The number of benzene rings is 2. The zero-order valence-corrected chi connectivity index (χ0v) is 15.6. The summed E-state index contributed by atoms with van der Waals surface area (Å²) in [5.41, 5.74) is 5.02. The van der Waals surface area contributed by atoms with Crippen LogP contribution >= 0.6 is 0 Å². The lowest BCUT2D eigenvalue weighted by atomic mass is 10.1. The topological polar surface area (TPSA) is 59.2 Å². The van der Waals surface area contributed by atoms with E-state index in [-0.39, 0.29) is 5.91 Å². The molecule has 3 rings (SSSR count). The molecule has 1 heterocycles. The number of aryl methyl sites for hydroxylation is 3. The van der Waals surface area contributed by atoms with Crippen molar-refractivity contribution < 1.29 is 9.32 Å². The maximum atomic E-state index is 12.8. The number of aromatic nitrogens is 2. The second-order valence-electron chi connectivity index (χ2n) is 6.50. The summed E-state index contributed by atoms with van der Waals surface area (Å²) in [5, 5.41) is 4.04. The monoisotopic (exact) mass is 349 g/mol. The standard InChI is InChI=1S/C21H23N3O2/c1-5-24(21(25)18-11-8-15(3)16(4)12-18)13-19-22-20(23-26-19)17-9-6-14(2)7-10-17/h6-12H,5,13H2,1-4H3. The molecular formula is C21H23N3O2. The largest absolute Gasteiger partial charge is 0.337 e. The molecule has 1 aromatic heterocycles. The number of hydrogen-bond acceptors (Lipinski definition) is 4. The first kappa shape index (κ1) is 17.9. The van der Waals surface area contributed by atoms with Crippen molar-refractivity contribution >= 4 is 5.91 Å². The van der Waals surface area contributed by atoms with Gasteiger partial charge in [0, 0.05) is 17.7 Å². The summed E-state index contributed by atoms with van der Waals surface area (Å²) in [6, 6.07) is 13.7. The van der Waals surface area contributed by atoms with Crippen LogP contribution in [-0.4, -0.2) is 27.5 Å². The highest BCUT2D eigenvalue weighted by molar-refractivity contribution is 5.94. The lowest BCUT2D eigenvalue weighted by Crippen LogP contribution is -2.30. The van der Waals surface area contributed by atoms with E-state index in [1.54, 1.807) is 4.90 Å². The van der Waals surface area contributed by atoms with Gasteiger partial charge in [-0.2, -0.15) is 4.98 Å². The molecule has 2 aromatic carbocycles. The molecule has 0 unspecified atom stereocenters. The van der Waals surface area contributed by atoms with E-state index in [1.165, 1.54) is 11.1 Å². The maximum Gasteiger partial charge on any atom is 0.254 e. The SMILES string of the molecule is CCN(Cc1nc(-c2ccc(C)cc2)no1)C(=O)c1ccc(C)c(C)c1. The van der Waals surface area contributed by atoms with Gasteiger partial charge in [-0.05, 0) is 51.0 Å². The quantitative estimate of drug-likeness (QED) is 0.688. The molecule has 0 saturated heterocycles. The van der Waals surface area contributed by atoms with E-state index >= 15 is 0 Å². The minimum atomic E-state index is -0.0364. The average Bonchev–Trinajstić information content (AvgIpc) is 3.10. The fourth-order valence-electron chi connectivity index (χ4n) is 2.69. The molecule has 0 radical (unpaired) electrons. The lowest BCUT2D eigenvalue weighted by Gasteiger charge is -2.19. The molecule has 134 valence electrons. The maximum absolute atomic E-state index is 12.8. The molecule has 0 aliphatic heterocycles. The first-order chi connectivity index (χ1) is 12.5. The van der Waals surface area contributed by atoms with Gasteiger partial charge in [-0.15, -0.1) is 0 Å². The average molecular weight is 349 g/mol. The minimum Gasteiger partial charge on any atom is -0.337 e. The van der Waals surface area contributed by atoms with Gasteiger partial charge in [-0.25, -0.2) is 0 Å².